The summed E-state index contributed by atoms with van der Waals surface area (Å²) in [5, 5.41) is 3.63. The molecule has 1 aliphatic carbocycles. The fourth-order valence-electron chi connectivity index (χ4n) is 2.08. The van der Waals surface area contributed by atoms with Crippen LogP contribution in [0.3, 0.4) is 0 Å². The second-order valence-corrected chi connectivity index (χ2v) is 5.76. The summed E-state index contributed by atoms with van der Waals surface area (Å²) in [4.78, 5) is 1.38. The van der Waals surface area contributed by atoms with Crippen molar-refractivity contribution < 1.29 is 0 Å². The molecule has 1 saturated carbocycles. The van der Waals surface area contributed by atoms with Crippen LogP contribution in [0.4, 0.5) is 0 Å². The van der Waals surface area contributed by atoms with E-state index in [4.69, 9.17) is 0 Å². The van der Waals surface area contributed by atoms with Gasteiger partial charge in [-0.05, 0) is 37.8 Å². The Kier molecular flexibility index (Phi) is 4.73. The van der Waals surface area contributed by atoms with E-state index in [9.17, 15) is 0 Å². The summed E-state index contributed by atoms with van der Waals surface area (Å²) in [7, 11) is 0. The number of nitrogens with one attached hydrogen (secondary N) is 1. The standard InChI is InChI=1S/C14H21NS/c1-12(13-6-5-7-13)15-10-11-16-14-8-3-2-4-9-14/h2-4,8-9,12-13,15H,5-7,10-11H2,1H3. The Morgan fingerprint density at radius 3 is 2.69 bits per heavy atom. The maximum Gasteiger partial charge on any atom is 0.0106 e. The SMILES string of the molecule is CC(NCCSc1ccccc1)C1CCC1. The van der Waals surface area contributed by atoms with E-state index in [-0.39, 0.29) is 0 Å². The van der Waals surface area contributed by atoms with Gasteiger partial charge in [0.25, 0.3) is 0 Å². The molecule has 1 fully saturated rings. The minimum absolute atomic E-state index is 0.713. The van der Waals surface area contributed by atoms with Gasteiger partial charge < -0.3 is 5.32 Å². The molecule has 1 N–H and O–H groups in total. The van der Waals surface area contributed by atoms with E-state index < -0.39 is 0 Å². The van der Waals surface area contributed by atoms with Gasteiger partial charge in [-0.3, -0.25) is 0 Å². The maximum atomic E-state index is 3.63. The van der Waals surface area contributed by atoms with Crippen LogP contribution < -0.4 is 5.32 Å². The van der Waals surface area contributed by atoms with E-state index in [1.54, 1.807) is 0 Å². The van der Waals surface area contributed by atoms with Crippen molar-refractivity contribution in [1.29, 1.82) is 0 Å². The van der Waals surface area contributed by atoms with Gasteiger partial charge in [-0.1, -0.05) is 24.6 Å². The smallest absolute Gasteiger partial charge is 0.0106 e. The molecular formula is C14H21NS. The molecule has 2 heteroatoms. The quantitative estimate of drug-likeness (QED) is 0.598. The first-order valence-corrected chi connectivity index (χ1v) is 7.26. The van der Waals surface area contributed by atoms with E-state index in [2.05, 4.69) is 42.6 Å². The van der Waals surface area contributed by atoms with Gasteiger partial charge in [0.05, 0.1) is 0 Å². The van der Waals surface area contributed by atoms with Gasteiger partial charge in [0, 0.05) is 23.2 Å². The van der Waals surface area contributed by atoms with Gasteiger partial charge >= 0.3 is 0 Å². The van der Waals surface area contributed by atoms with E-state index >= 15 is 0 Å². The summed E-state index contributed by atoms with van der Waals surface area (Å²) in [5.74, 6) is 2.11. The summed E-state index contributed by atoms with van der Waals surface area (Å²) in [6.07, 6.45) is 4.30. The van der Waals surface area contributed by atoms with E-state index in [1.807, 2.05) is 11.8 Å². The lowest BCUT2D eigenvalue weighted by Gasteiger charge is -2.32. The molecule has 0 bridgehead atoms. The highest BCUT2D eigenvalue weighted by Crippen LogP contribution is 2.29. The van der Waals surface area contributed by atoms with Crippen LogP contribution >= 0.6 is 11.8 Å². The molecule has 0 aromatic heterocycles. The average Bonchev–Trinajstić information content (AvgIpc) is 2.23. The third-order valence-corrected chi connectivity index (χ3v) is 4.45. The topological polar surface area (TPSA) is 12.0 Å². The first kappa shape index (κ1) is 12.0. The Morgan fingerprint density at radius 1 is 1.31 bits per heavy atom. The van der Waals surface area contributed by atoms with Crippen molar-refractivity contribution in [1.82, 2.24) is 5.32 Å². The lowest BCUT2D eigenvalue weighted by Crippen LogP contribution is -2.38. The normalized spacial score (nSPS) is 18.1. The Balaban J connectivity index is 1.58. The van der Waals surface area contributed by atoms with Crippen molar-refractivity contribution in [3.63, 3.8) is 0 Å². The fraction of sp³-hybridized carbons (Fsp3) is 0.571. The molecule has 1 aromatic carbocycles. The fourth-order valence-corrected chi connectivity index (χ4v) is 2.88. The Labute approximate surface area is 103 Å². The molecule has 1 aliphatic rings. The molecule has 0 heterocycles. The third kappa shape index (κ3) is 3.53. The van der Waals surface area contributed by atoms with Crippen molar-refractivity contribution in [3.8, 4) is 0 Å². The largest absolute Gasteiger partial charge is 0.313 e. The molecule has 1 atom stereocenters. The van der Waals surface area contributed by atoms with Gasteiger partial charge in [-0.15, -0.1) is 11.8 Å². The van der Waals surface area contributed by atoms with Gasteiger partial charge in [-0.25, -0.2) is 0 Å². The predicted molar refractivity (Wildman–Crippen MR) is 72.0 cm³/mol. The minimum atomic E-state index is 0.713. The highest BCUT2D eigenvalue weighted by molar-refractivity contribution is 7.99. The van der Waals surface area contributed by atoms with Crippen molar-refractivity contribution in [2.75, 3.05) is 12.3 Å². The van der Waals surface area contributed by atoms with Crippen LogP contribution in [0.2, 0.25) is 0 Å². The number of hydrogen-bond donors (Lipinski definition) is 1. The monoisotopic (exact) mass is 235 g/mol. The molecule has 2 rings (SSSR count). The predicted octanol–water partition coefficient (Wildman–Crippen LogP) is 3.56. The average molecular weight is 235 g/mol. The van der Waals surface area contributed by atoms with Gasteiger partial charge in [-0.2, -0.15) is 0 Å². The summed E-state index contributed by atoms with van der Waals surface area (Å²) < 4.78 is 0. The van der Waals surface area contributed by atoms with Gasteiger partial charge in [0.15, 0.2) is 0 Å². The van der Waals surface area contributed by atoms with Crippen LogP contribution in [-0.2, 0) is 0 Å². The number of rotatable bonds is 6. The molecule has 0 spiro atoms. The number of hydrogen-bond acceptors (Lipinski definition) is 2. The highest BCUT2D eigenvalue weighted by Gasteiger charge is 2.22. The number of thioether (sulfide) groups is 1. The van der Waals surface area contributed by atoms with Crippen molar-refractivity contribution in [2.24, 2.45) is 5.92 Å². The minimum Gasteiger partial charge on any atom is -0.313 e. The Bertz CT molecular complexity index is 295. The maximum absolute atomic E-state index is 3.63. The van der Waals surface area contributed by atoms with Crippen molar-refractivity contribution in [3.05, 3.63) is 30.3 Å². The summed E-state index contributed by atoms with van der Waals surface area (Å²) in [6, 6.07) is 11.4. The summed E-state index contributed by atoms with van der Waals surface area (Å²) in [5.41, 5.74) is 0. The van der Waals surface area contributed by atoms with Crippen molar-refractivity contribution in [2.45, 2.75) is 37.1 Å². The molecule has 0 radical (unpaired) electrons. The molecule has 16 heavy (non-hydrogen) atoms. The van der Waals surface area contributed by atoms with E-state index in [1.165, 1.54) is 29.9 Å². The molecule has 1 unspecified atom stereocenters. The lowest BCUT2D eigenvalue weighted by molar-refractivity contribution is 0.244. The lowest BCUT2D eigenvalue weighted by atomic mass is 9.80. The molecule has 0 amide bonds. The van der Waals surface area contributed by atoms with Gasteiger partial charge in [0.2, 0.25) is 0 Å². The molecule has 1 aromatic rings. The van der Waals surface area contributed by atoms with Crippen molar-refractivity contribution >= 4 is 11.8 Å². The molecule has 0 saturated heterocycles. The summed E-state index contributed by atoms with van der Waals surface area (Å²) in [6.45, 7) is 3.45. The molecule has 1 nitrogen and oxygen atoms in total. The van der Waals surface area contributed by atoms with Crippen LogP contribution in [0, 0.1) is 5.92 Å². The molecular weight excluding hydrogens is 214 g/mol. The molecule has 88 valence electrons. The van der Waals surface area contributed by atoms with Crippen LogP contribution in [0.25, 0.3) is 0 Å². The zero-order valence-corrected chi connectivity index (χ0v) is 10.8. The summed E-state index contributed by atoms with van der Waals surface area (Å²) >= 11 is 1.94. The first-order chi connectivity index (χ1) is 7.86. The van der Waals surface area contributed by atoms with E-state index in [0.29, 0.717) is 6.04 Å². The zero-order chi connectivity index (χ0) is 11.2. The Hall–Kier alpha value is -0.470. The van der Waals surface area contributed by atoms with Crippen LogP contribution in [-0.4, -0.2) is 18.3 Å². The number of benzene rings is 1. The van der Waals surface area contributed by atoms with Crippen LogP contribution in [0.15, 0.2) is 35.2 Å². The van der Waals surface area contributed by atoms with Crippen LogP contribution in [0.1, 0.15) is 26.2 Å². The van der Waals surface area contributed by atoms with Crippen LogP contribution in [0.5, 0.6) is 0 Å². The van der Waals surface area contributed by atoms with Gasteiger partial charge in [0.1, 0.15) is 0 Å². The highest BCUT2D eigenvalue weighted by atomic mass is 32.2. The third-order valence-electron chi connectivity index (χ3n) is 3.44. The van der Waals surface area contributed by atoms with E-state index in [0.717, 1.165) is 12.5 Å². The zero-order valence-electron chi connectivity index (χ0n) is 9.99. The Morgan fingerprint density at radius 2 is 2.06 bits per heavy atom. The first-order valence-electron chi connectivity index (χ1n) is 6.27. The molecule has 0 aliphatic heterocycles. The second kappa shape index (κ2) is 6.31. The second-order valence-electron chi connectivity index (χ2n) is 4.60.